The molecule has 72 valence electrons. The Morgan fingerprint density at radius 1 is 1.36 bits per heavy atom. The third-order valence-corrected chi connectivity index (χ3v) is 2.71. The minimum Gasteiger partial charge on any atom is -0.238 e. The molecule has 14 heavy (non-hydrogen) atoms. The van der Waals surface area contributed by atoms with Gasteiger partial charge in [-0.2, -0.15) is 5.26 Å². The van der Waals surface area contributed by atoms with E-state index in [0.717, 1.165) is 11.5 Å². The largest absolute Gasteiger partial charge is 0.238 e. The van der Waals surface area contributed by atoms with Gasteiger partial charge in [-0.3, -0.25) is 0 Å². The van der Waals surface area contributed by atoms with Gasteiger partial charge in [-0.1, -0.05) is 12.8 Å². The summed E-state index contributed by atoms with van der Waals surface area (Å²) in [5.74, 6) is 1.36. The molecule has 1 aromatic rings. The summed E-state index contributed by atoms with van der Waals surface area (Å²) in [6.45, 7) is 1.92. The van der Waals surface area contributed by atoms with Crippen LogP contribution in [0.5, 0.6) is 0 Å². The van der Waals surface area contributed by atoms with Crippen LogP contribution in [-0.4, -0.2) is 9.97 Å². The second kappa shape index (κ2) is 3.75. The molecular formula is C11H13N3. The van der Waals surface area contributed by atoms with E-state index in [2.05, 4.69) is 16.0 Å². The van der Waals surface area contributed by atoms with E-state index in [9.17, 15) is 0 Å². The molecule has 0 aromatic carbocycles. The van der Waals surface area contributed by atoms with E-state index < -0.39 is 0 Å². The molecule has 1 aromatic heterocycles. The Bertz CT molecular complexity index is 373. The first-order chi connectivity index (χ1) is 6.79. The van der Waals surface area contributed by atoms with Crippen molar-refractivity contribution in [2.24, 2.45) is 0 Å². The van der Waals surface area contributed by atoms with Crippen molar-refractivity contribution in [3.63, 3.8) is 0 Å². The van der Waals surface area contributed by atoms with Crippen molar-refractivity contribution in [2.45, 2.75) is 38.5 Å². The van der Waals surface area contributed by atoms with Gasteiger partial charge >= 0.3 is 0 Å². The molecule has 1 saturated carbocycles. The quantitative estimate of drug-likeness (QED) is 0.677. The van der Waals surface area contributed by atoms with E-state index in [1.807, 2.05) is 6.92 Å². The molecule has 0 saturated heterocycles. The molecule has 2 rings (SSSR count). The van der Waals surface area contributed by atoms with Crippen molar-refractivity contribution in [3.05, 3.63) is 23.3 Å². The summed E-state index contributed by atoms with van der Waals surface area (Å²) < 4.78 is 0. The number of nitrogens with zero attached hydrogens (tertiary/aromatic N) is 3. The van der Waals surface area contributed by atoms with Crippen molar-refractivity contribution >= 4 is 0 Å². The van der Waals surface area contributed by atoms with Gasteiger partial charge < -0.3 is 0 Å². The highest BCUT2D eigenvalue weighted by atomic mass is 14.9. The van der Waals surface area contributed by atoms with Crippen LogP contribution in [0.25, 0.3) is 0 Å². The number of hydrogen-bond donors (Lipinski definition) is 0. The zero-order valence-corrected chi connectivity index (χ0v) is 8.32. The Morgan fingerprint density at radius 3 is 2.71 bits per heavy atom. The molecule has 1 aliphatic carbocycles. The predicted octanol–water partition coefficient (Wildman–Crippen LogP) is 2.31. The second-order valence-electron chi connectivity index (χ2n) is 3.85. The zero-order valence-electron chi connectivity index (χ0n) is 8.32. The van der Waals surface area contributed by atoms with E-state index >= 15 is 0 Å². The number of rotatable bonds is 1. The van der Waals surface area contributed by atoms with Crippen LogP contribution in [0.1, 0.15) is 48.8 Å². The van der Waals surface area contributed by atoms with Crippen LogP contribution in [0, 0.1) is 18.3 Å². The van der Waals surface area contributed by atoms with Crippen molar-refractivity contribution in [3.8, 4) is 6.07 Å². The average molecular weight is 187 g/mol. The lowest BCUT2D eigenvalue weighted by Gasteiger charge is -2.07. The van der Waals surface area contributed by atoms with Crippen LogP contribution in [-0.2, 0) is 0 Å². The van der Waals surface area contributed by atoms with Gasteiger partial charge in [-0.15, -0.1) is 0 Å². The van der Waals surface area contributed by atoms with E-state index in [-0.39, 0.29) is 0 Å². The topological polar surface area (TPSA) is 49.6 Å². The van der Waals surface area contributed by atoms with Gasteiger partial charge in [0.25, 0.3) is 0 Å². The van der Waals surface area contributed by atoms with E-state index in [4.69, 9.17) is 5.26 Å². The first-order valence-corrected chi connectivity index (χ1v) is 5.05. The summed E-state index contributed by atoms with van der Waals surface area (Å²) in [6.07, 6.45) is 4.89. The first kappa shape index (κ1) is 9.14. The van der Waals surface area contributed by atoms with Crippen LogP contribution in [0.4, 0.5) is 0 Å². The molecule has 3 nitrogen and oxygen atoms in total. The van der Waals surface area contributed by atoms with E-state index in [1.165, 1.54) is 25.7 Å². The van der Waals surface area contributed by atoms with Crippen molar-refractivity contribution in [1.82, 2.24) is 9.97 Å². The minimum atomic E-state index is 0.488. The summed E-state index contributed by atoms with van der Waals surface area (Å²) in [6, 6.07) is 3.82. The van der Waals surface area contributed by atoms with Crippen LogP contribution >= 0.6 is 0 Å². The fraction of sp³-hybridized carbons (Fsp3) is 0.545. The maximum Gasteiger partial charge on any atom is 0.144 e. The van der Waals surface area contributed by atoms with Gasteiger partial charge in [0.2, 0.25) is 0 Å². The molecule has 0 unspecified atom stereocenters. The molecule has 0 aliphatic heterocycles. The van der Waals surface area contributed by atoms with Gasteiger partial charge in [-0.25, -0.2) is 9.97 Å². The molecule has 0 radical (unpaired) electrons. The molecule has 1 fully saturated rings. The maximum atomic E-state index is 8.79. The standard InChI is InChI=1S/C11H13N3/c1-8-6-10(7-12)14-11(13-8)9-4-2-3-5-9/h6,9H,2-5H2,1H3. The zero-order chi connectivity index (χ0) is 9.97. The number of aryl methyl sites for hydroxylation is 1. The Balaban J connectivity index is 2.33. The van der Waals surface area contributed by atoms with Crippen LogP contribution < -0.4 is 0 Å². The van der Waals surface area contributed by atoms with Crippen LogP contribution in [0.3, 0.4) is 0 Å². The average Bonchev–Trinajstić information content (AvgIpc) is 2.69. The normalized spacial score (nSPS) is 16.9. The smallest absolute Gasteiger partial charge is 0.144 e. The molecule has 1 heterocycles. The Hall–Kier alpha value is -1.43. The minimum absolute atomic E-state index is 0.488. The highest BCUT2D eigenvalue weighted by Gasteiger charge is 2.20. The SMILES string of the molecule is Cc1cc(C#N)nc(C2CCCC2)n1. The van der Waals surface area contributed by atoms with Crippen LogP contribution in [0.2, 0.25) is 0 Å². The number of aromatic nitrogens is 2. The van der Waals surface area contributed by atoms with Gasteiger partial charge in [0.1, 0.15) is 17.6 Å². The van der Waals surface area contributed by atoms with Crippen molar-refractivity contribution in [2.75, 3.05) is 0 Å². The fourth-order valence-corrected chi connectivity index (χ4v) is 2.02. The molecule has 0 atom stereocenters. The molecule has 0 bridgehead atoms. The highest BCUT2D eigenvalue weighted by molar-refractivity contribution is 5.23. The Morgan fingerprint density at radius 2 is 2.07 bits per heavy atom. The summed E-state index contributed by atoms with van der Waals surface area (Å²) >= 11 is 0. The van der Waals surface area contributed by atoms with E-state index in [0.29, 0.717) is 11.6 Å². The lowest BCUT2D eigenvalue weighted by molar-refractivity contribution is 0.662. The third-order valence-electron chi connectivity index (χ3n) is 2.71. The molecule has 1 aliphatic rings. The van der Waals surface area contributed by atoms with Gasteiger partial charge in [-0.05, 0) is 25.8 Å². The first-order valence-electron chi connectivity index (χ1n) is 5.05. The summed E-state index contributed by atoms with van der Waals surface area (Å²) in [4.78, 5) is 8.66. The molecule has 0 amide bonds. The lowest BCUT2D eigenvalue weighted by atomic mass is 10.1. The predicted molar refractivity (Wildman–Crippen MR) is 52.7 cm³/mol. The summed E-state index contributed by atoms with van der Waals surface area (Å²) in [5, 5.41) is 8.79. The number of nitriles is 1. The van der Waals surface area contributed by atoms with Gasteiger partial charge in [0.15, 0.2) is 0 Å². The van der Waals surface area contributed by atoms with Crippen molar-refractivity contribution in [1.29, 1.82) is 5.26 Å². The van der Waals surface area contributed by atoms with Crippen molar-refractivity contribution < 1.29 is 0 Å². The molecule has 3 heteroatoms. The number of hydrogen-bond acceptors (Lipinski definition) is 3. The molecule has 0 spiro atoms. The monoisotopic (exact) mass is 187 g/mol. The Labute approximate surface area is 83.8 Å². The molecular weight excluding hydrogens is 174 g/mol. The van der Waals surface area contributed by atoms with Gasteiger partial charge in [0.05, 0.1) is 0 Å². The third kappa shape index (κ3) is 1.74. The summed E-state index contributed by atoms with van der Waals surface area (Å²) in [5.41, 5.74) is 1.40. The fourth-order valence-electron chi connectivity index (χ4n) is 2.02. The lowest BCUT2D eigenvalue weighted by Crippen LogP contribution is -2.03. The van der Waals surface area contributed by atoms with Crippen LogP contribution in [0.15, 0.2) is 6.07 Å². The van der Waals surface area contributed by atoms with E-state index in [1.54, 1.807) is 6.07 Å². The Kier molecular flexibility index (Phi) is 2.45. The second-order valence-corrected chi connectivity index (χ2v) is 3.85. The van der Waals surface area contributed by atoms with Gasteiger partial charge in [0, 0.05) is 11.6 Å². The summed E-state index contributed by atoms with van der Waals surface area (Å²) in [7, 11) is 0. The molecule has 0 N–H and O–H groups in total. The maximum absolute atomic E-state index is 8.79. The highest BCUT2D eigenvalue weighted by Crippen LogP contribution is 2.32.